The van der Waals surface area contributed by atoms with Gasteiger partial charge in [0.1, 0.15) is 0 Å². The van der Waals surface area contributed by atoms with Gasteiger partial charge in [-0.2, -0.15) is 13.2 Å². The zero-order chi connectivity index (χ0) is 16.7. The third-order valence-electron chi connectivity index (χ3n) is 6.28. The Kier molecular flexibility index (Phi) is 4.64. The molecule has 3 nitrogen and oxygen atoms in total. The molecule has 1 N–H and O–H groups in total. The highest BCUT2D eigenvalue weighted by atomic mass is 19.4. The van der Waals surface area contributed by atoms with E-state index in [9.17, 15) is 18.0 Å². The van der Waals surface area contributed by atoms with E-state index in [2.05, 4.69) is 11.9 Å². The van der Waals surface area contributed by atoms with Gasteiger partial charge in [-0.3, -0.25) is 4.79 Å². The fraction of sp³-hybridized carbons (Fsp3) is 0.941. The summed E-state index contributed by atoms with van der Waals surface area (Å²) < 4.78 is 36.3. The number of hydrogen-bond donors (Lipinski definition) is 1. The first-order valence-electron chi connectivity index (χ1n) is 8.85. The van der Waals surface area contributed by atoms with E-state index in [0.29, 0.717) is 12.0 Å². The normalized spacial score (nSPS) is 35.8. The van der Waals surface area contributed by atoms with Crippen molar-refractivity contribution in [3.63, 3.8) is 0 Å². The Morgan fingerprint density at radius 2 is 1.61 bits per heavy atom. The molecule has 0 saturated heterocycles. The predicted octanol–water partition coefficient (Wildman–Crippen LogP) is 3.35. The Morgan fingerprint density at radius 1 is 1.09 bits per heavy atom. The van der Waals surface area contributed by atoms with Gasteiger partial charge in [0.05, 0.1) is 0 Å². The highest BCUT2D eigenvalue weighted by molar-refractivity contribution is 5.81. The zero-order valence-corrected chi connectivity index (χ0v) is 13.8. The number of nitrogens with one attached hydrogen (secondary N) is 1. The third kappa shape index (κ3) is 3.67. The molecule has 4 fully saturated rings. The molecular formula is C17H27F3N2O. The first kappa shape index (κ1) is 17.1. The maximum atomic E-state index is 12.1. The Bertz CT molecular complexity index is 414. The fourth-order valence-electron chi connectivity index (χ4n) is 5.55. The van der Waals surface area contributed by atoms with Gasteiger partial charge < -0.3 is 10.2 Å². The molecule has 4 saturated carbocycles. The van der Waals surface area contributed by atoms with Crippen molar-refractivity contribution in [2.75, 3.05) is 20.1 Å². The number of nitrogens with zero attached hydrogens (tertiary/aromatic N) is 1. The van der Waals surface area contributed by atoms with Crippen LogP contribution in [0.3, 0.4) is 0 Å². The van der Waals surface area contributed by atoms with Gasteiger partial charge in [0.25, 0.3) is 0 Å². The lowest BCUT2D eigenvalue weighted by Crippen LogP contribution is -2.59. The SMILES string of the molecule is CN(CCCCNC(=O)C(F)(F)F)C12CC3CC(CC(C3)C1)C2. The van der Waals surface area contributed by atoms with E-state index in [1.165, 1.54) is 38.5 Å². The molecule has 4 aliphatic carbocycles. The number of hydrogen-bond acceptors (Lipinski definition) is 2. The van der Waals surface area contributed by atoms with Crippen molar-refractivity contribution in [1.29, 1.82) is 0 Å². The van der Waals surface area contributed by atoms with E-state index < -0.39 is 12.1 Å². The fourth-order valence-corrected chi connectivity index (χ4v) is 5.55. The molecule has 1 amide bonds. The average Bonchev–Trinajstić information content (AvgIpc) is 2.44. The number of halogens is 3. The van der Waals surface area contributed by atoms with Crippen LogP contribution in [0, 0.1) is 17.8 Å². The molecular weight excluding hydrogens is 305 g/mol. The second kappa shape index (κ2) is 6.26. The number of rotatable bonds is 6. The monoisotopic (exact) mass is 332 g/mol. The maximum absolute atomic E-state index is 12.1. The van der Waals surface area contributed by atoms with Gasteiger partial charge in [-0.15, -0.1) is 0 Å². The van der Waals surface area contributed by atoms with Crippen LogP contribution in [0.15, 0.2) is 0 Å². The first-order chi connectivity index (χ1) is 10.8. The van der Waals surface area contributed by atoms with E-state index in [1.54, 1.807) is 0 Å². The highest BCUT2D eigenvalue weighted by Gasteiger charge is 2.52. The standard InChI is InChI=1S/C17H27F3N2O/c1-22(5-3-2-4-21-15(23)17(18,19)20)16-9-12-6-13(10-16)8-14(7-12)11-16/h12-14H,2-11H2,1H3,(H,21,23). The van der Waals surface area contributed by atoms with Crippen LogP contribution in [0.1, 0.15) is 51.4 Å². The van der Waals surface area contributed by atoms with Gasteiger partial charge in [0, 0.05) is 12.1 Å². The molecule has 23 heavy (non-hydrogen) atoms. The molecule has 0 atom stereocenters. The molecule has 0 unspecified atom stereocenters. The lowest BCUT2D eigenvalue weighted by Gasteiger charge is -2.60. The van der Waals surface area contributed by atoms with E-state index in [1.807, 2.05) is 5.32 Å². The smallest absolute Gasteiger partial charge is 0.348 e. The zero-order valence-electron chi connectivity index (χ0n) is 13.8. The summed E-state index contributed by atoms with van der Waals surface area (Å²) in [5, 5.41) is 1.95. The summed E-state index contributed by atoms with van der Waals surface area (Å²) in [5.74, 6) is 0.867. The summed E-state index contributed by atoms with van der Waals surface area (Å²) in [7, 11) is 2.18. The summed E-state index contributed by atoms with van der Waals surface area (Å²) in [6.07, 6.45) is 4.82. The van der Waals surface area contributed by atoms with Crippen molar-refractivity contribution in [3.8, 4) is 0 Å². The van der Waals surface area contributed by atoms with Crippen LogP contribution < -0.4 is 5.32 Å². The van der Waals surface area contributed by atoms with Crippen LogP contribution in [0.4, 0.5) is 13.2 Å². The summed E-state index contributed by atoms with van der Waals surface area (Å²) in [6, 6.07) is 0. The van der Waals surface area contributed by atoms with Crippen LogP contribution in [0.25, 0.3) is 0 Å². The first-order valence-corrected chi connectivity index (χ1v) is 8.85. The Balaban J connectivity index is 1.40. The molecule has 6 heteroatoms. The van der Waals surface area contributed by atoms with Gasteiger partial charge in [0.2, 0.25) is 0 Å². The van der Waals surface area contributed by atoms with Crippen LogP contribution in [0.2, 0.25) is 0 Å². The van der Waals surface area contributed by atoms with Gasteiger partial charge in [-0.25, -0.2) is 0 Å². The average molecular weight is 332 g/mol. The molecule has 4 aliphatic rings. The quantitative estimate of drug-likeness (QED) is 0.757. The number of carbonyl (C=O) groups is 1. The van der Waals surface area contributed by atoms with Crippen LogP contribution in [0.5, 0.6) is 0 Å². The lowest BCUT2D eigenvalue weighted by atomic mass is 9.52. The molecule has 0 aromatic rings. The number of carbonyl (C=O) groups excluding carboxylic acids is 1. The number of alkyl halides is 3. The van der Waals surface area contributed by atoms with Crippen molar-refractivity contribution in [3.05, 3.63) is 0 Å². The molecule has 0 radical (unpaired) electrons. The van der Waals surface area contributed by atoms with Crippen LogP contribution in [-0.2, 0) is 4.79 Å². The minimum atomic E-state index is -4.77. The molecule has 0 aromatic heterocycles. The van der Waals surface area contributed by atoms with Gasteiger partial charge in [0.15, 0.2) is 0 Å². The molecule has 0 aromatic carbocycles. The Morgan fingerprint density at radius 3 is 2.09 bits per heavy atom. The van der Waals surface area contributed by atoms with Crippen LogP contribution in [-0.4, -0.2) is 42.7 Å². The van der Waals surface area contributed by atoms with Crippen LogP contribution >= 0.6 is 0 Å². The van der Waals surface area contributed by atoms with Crippen molar-refractivity contribution < 1.29 is 18.0 Å². The molecule has 4 bridgehead atoms. The Hall–Kier alpha value is -0.780. The predicted molar refractivity (Wildman–Crippen MR) is 81.8 cm³/mol. The van der Waals surface area contributed by atoms with E-state index in [4.69, 9.17) is 0 Å². The minimum absolute atomic E-state index is 0.104. The van der Waals surface area contributed by atoms with E-state index in [-0.39, 0.29) is 6.54 Å². The lowest BCUT2D eigenvalue weighted by molar-refractivity contribution is -0.173. The number of unbranched alkanes of at least 4 members (excludes halogenated alkanes) is 1. The largest absolute Gasteiger partial charge is 0.471 e. The van der Waals surface area contributed by atoms with Gasteiger partial charge in [-0.05, 0) is 82.7 Å². The Labute approximate surface area is 136 Å². The van der Waals surface area contributed by atoms with Crippen molar-refractivity contribution in [1.82, 2.24) is 10.2 Å². The third-order valence-corrected chi connectivity index (χ3v) is 6.28. The highest BCUT2D eigenvalue weighted by Crippen LogP contribution is 2.57. The van der Waals surface area contributed by atoms with Crippen molar-refractivity contribution in [2.24, 2.45) is 17.8 Å². The molecule has 132 valence electrons. The molecule has 0 spiro atoms. The second-order valence-corrected chi connectivity index (χ2v) is 8.02. The maximum Gasteiger partial charge on any atom is 0.471 e. The summed E-state index contributed by atoms with van der Waals surface area (Å²) >= 11 is 0. The van der Waals surface area contributed by atoms with Gasteiger partial charge >= 0.3 is 12.1 Å². The van der Waals surface area contributed by atoms with E-state index in [0.717, 1.165) is 30.7 Å². The second-order valence-electron chi connectivity index (χ2n) is 8.02. The molecule has 0 heterocycles. The van der Waals surface area contributed by atoms with Gasteiger partial charge in [-0.1, -0.05) is 0 Å². The summed E-state index contributed by atoms with van der Waals surface area (Å²) in [4.78, 5) is 13.2. The topological polar surface area (TPSA) is 32.3 Å². The van der Waals surface area contributed by atoms with Crippen molar-refractivity contribution >= 4 is 5.91 Å². The van der Waals surface area contributed by atoms with Crippen molar-refractivity contribution in [2.45, 2.75) is 63.1 Å². The minimum Gasteiger partial charge on any atom is -0.348 e. The van der Waals surface area contributed by atoms with E-state index >= 15 is 0 Å². The molecule has 0 aliphatic heterocycles. The summed E-state index contributed by atoms with van der Waals surface area (Å²) in [5.41, 5.74) is 0.351. The number of amides is 1. The summed E-state index contributed by atoms with van der Waals surface area (Å²) in [6.45, 7) is 1.01. The molecule has 4 rings (SSSR count).